The van der Waals surface area contributed by atoms with Gasteiger partial charge >= 0.3 is 6.18 Å². The Hall–Kier alpha value is -2.03. The smallest absolute Gasteiger partial charge is 0.354 e. The fraction of sp³-hybridized carbons (Fsp3) is 0.611. The lowest BCUT2D eigenvalue weighted by molar-refractivity contribution is -0.142. The molecule has 0 radical (unpaired) electrons. The van der Waals surface area contributed by atoms with Crippen molar-refractivity contribution in [2.45, 2.75) is 64.7 Å². The predicted molar refractivity (Wildman–Crippen MR) is 98.3 cm³/mol. The molecule has 1 N–H and O–H groups in total. The normalized spacial score (nSPS) is 15.7. The van der Waals surface area contributed by atoms with Crippen LogP contribution in [0.1, 0.15) is 60.9 Å². The summed E-state index contributed by atoms with van der Waals surface area (Å²) in [5.74, 6) is -0.306. The van der Waals surface area contributed by atoms with Crippen LogP contribution in [0, 0.1) is 13.8 Å². The van der Waals surface area contributed by atoms with E-state index in [2.05, 4.69) is 15.5 Å². The van der Waals surface area contributed by atoms with E-state index in [0.717, 1.165) is 30.3 Å². The van der Waals surface area contributed by atoms with Gasteiger partial charge in [-0.05, 0) is 46.1 Å². The van der Waals surface area contributed by atoms with Gasteiger partial charge in [0.2, 0.25) is 5.91 Å². The van der Waals surface area contributed by atoms with Crippen LogP contribution in [0.4, 0.5) is 13.2 Å². The lowest BCUT2D eigenvalue weighted by Crippen LogP contribution is -2.33. The molecule has 1 fully saturated rings. The van der Waals surface area contributed by atoms with Crippen molar-refractivity contribution in [2.75, 3.05) is 6.54 Å². The van der Waals surface area contributed by atoms with E-state index in [-0.39, 0.29) is 11.8 Å². The molecule has 0 saturated heterocycles. The molecule has 154 valence electrons. The molecule has 1 amide bonds. The minimum absolute atomic E-state index is 0.0506. The SMILES string of the molecule is Cc1nn(CCCNC(=O)C(C)n2nc(C(F)(F)F)cc2C2CC2)c(C)c1Cl. The molecule has 10 heteroatoms. The maximum Gasteiger partial charge on any atom is 0.435 e. The third-order valence-electron chi connectivity index (χ3n) is 4.94. The van der Waals surface area contributed by atoms with Crippen molar-refractivity contribution in [3.8, 4) is 0 Å². The topological polar surface area (TPSA) is 64.7 Å². The van der Waals surface area contributed by atoms with Gasteiger partial charge in [-0.15, -0.1) is 0 Å². The first-order chi connectivity index (χ1) is 13.1. The molecule has 6 nitrogen and oxygen atoms in total. The number of nitrogens with one attached hydrogen (secondary N) is 1. The molecule has 1 atom stereocenters. The molecule has 1 saturated carbocycles. The van der Waals surface area contributed by atoms with Crippen molar-refractivity contribution in [1.82, 2.24) is 24.9 Å². The van der Waals surface area contributed by atoms with Crippen LogP contribution in [-0.4, -0.2) is 32.0 Å². The van der Waals surface area contributed by atoms with E-state index in [4.69, 9.17) is 11.6 Å². The maximum absolute atomic E-state index is 13.0. The predicted octanol–water partition coefficient (Wildman–Crippen LogP) is 4.01. The van der Waals surface area contributed by atoms with Crippen LogP contribution >= 0.6 is 11.6 Å². The van der Waals surface area contributed by atoms with Crippen LogP contribution in [0.15, 0.2) is 6.07 Å². The minimum Gasteiger partial charge on any atom is -0.354 e. The van der Waals surface area contributed by atoms with Crippen LogP contribution in [0.3, 0.4) is 0 Å². The van der Waals surface area contributed by atoms with E-state index < -0.39 is 17.9 Å². The monoisotopic (exact) mass is 417 g/mol. The number of aromatic nitrogens is 4. The van der Waals surface area contributed by atoms with E-state index in [9.17, 15) is 18.0 Å². The molecule has 28 heavy (non-hydrogen) atoms. The number of aryl methyl sites for hydroxylation is 2. The van der Waals surface area contributed by atoms with Crippen molar-refractivity contribution in [2.24, 2.45) is 0 Å². The first kappa shape index (κ1) is 20.7. The van der Waals surface area contributed by atoms with E-state index >= 15 is 0 Å². The van der Waals surface area contributed by atoms with Crippen LogP contribution in [0.5, 0.6) is 0 Å². The largest absolute Gasteiger partial charge is 0.435 e. The van der Waals surface area contributed by atoms with E-state index in [0.29, 0.717) is 30.2 Å². The van der Waals surface area contributed by atoms with Gasteiger partial charge < -0.3 is 5.32 Å². The number of halogens is 4. The Balaban J connectivity index is 1.58. The molecule has 1 unspecified atom stereocenters. The summed E-state index contributed by atoms with van der Waals surface area (Å²) in [7, 11) is 0. The fourth-order valence-electron chi connectivity index (χ4n) is 3.13. The molecule has 3 rings (SSSR count). The summed E-state index contributed by atoms with van der Waals surface area (Å²) in [6.07, 6.45) is -2.25. The van der Waals surface area contributed by atoms with Crippen LogP contribution < -0.4 is 5.32 Å². The van der Waals surface area contributed by atoms with E-state index in [1.54, 1.807) is 11.6 Å². The first-order valence-electron chi connectivity index (χ1n) is 9.23. The molecule has 2 aromatic heterocycles. The molecule has 0 spiro atoms. The van der Waals surface area contributed by atoms with Gasteiger partial charge in [0.05, 0.1) is 16.4 Å². The van der Waals surface area contributed by atoms with Crippen molar-refractivity contribution in [3.63, 3.8) is 0 Å². The summed E-state index contributed by atoms with van der Waals surface area (Å²) >= 11 is 6.11. The highest BCUT2D eigenvalue weighted by molar-refractivity contribution is 6.31. The maximum atomic E-state index is 13.0. The zero-order valence-electron chi connectivity index (χ0n) is 16.0. The molecule has 2 aromatic rings. The Kier molecular flexibility index (Phi) is 5.74. The third-order valence-corrected chi connectivity index (χ3v) is 5.48. The third kappa shape index (κ3) is 4.34. The second kappa shape index (κ2) is 7.77. The van der Waals surface area contributed by atoms with Gasteiger partial charge in [-0.1, -0.05) is 11.6 Å². The number of amides is 1. The molecule has 1 aliphatic rings. The Morgan fingerprint density at radius 1 is 1.36 bits per heavy atom. The van der Waals surface area contributed by atoms with Gasteiger partial charge in [0.25, 0.3) is 0 Å². The molecule has 0 aromatic carbocycles. The van der Waals surface area contributed by atoms with E-state index in [1.165, 1.54) is 4.68 Å². The Morgan fingerprint density at radius 2 is 2.04 bits per heavy atom. The van der Waals surface area contributed by atoms with Crippen LogP contribution in [0.2, 0.25) is 5.02 Å². The lowest BCUT2D eigenvalue weighted by atomic mass is 10.2. The molecule has 0 aliphatic heterocycles. The standard InChI is InChI=1S/C18H23ClF3N5O/c1-10-16(19)11(2)26(24-10)8-4-7-23-17(28)12(3)27-14(13-5-6-13)9-15(25-27)18(20,21)22/h9,12-13H,4-8H2,1-3H3,(H,23,28). The van der Waals surface area contributed by atoms with Gasteiger partial charge in [-0.2, -0.15) is 23.4 Å². The second-order valence-electron chi connectivity index (χ2n) is 7.20. The number of nitrogens with zero attached hydrogens (tertiary/aromatic N) is 4. The average Bonchev–Trinajstić information content (AvgIpc) is 3.32. The van der Waals surface area contributed by atoms with E-state index in [1.807, 2.05) is 13.8 Å². The van der Waals surface area contributed by atoms with Crippen molar-refractivity contribution < 1.29 is 18.0 Å². The van der Waals surface area contributed by atoms with Crippen molar-refractivity contribution >= 4 is 17.5 Å². The van der Waals surface area contributed by atoms with Gasteiger partial charge in [-0.25, -0.2) is 0 Å². The molecule has 2 heterocycles. The number of alkyl halides is 3. The first-order valence-corrected chi connectivity index (χ1v) is 9.61. The van der Waals surface area contributed by atoms with Crippen LogP contribution in [0.25, 0.3) is 0 Å². The highest BCUT2D eigenvalue weighted by atomic mass is 35.5. The highest BCUT2D eigenvalue weighted by Crippen LogP contribution is 2.42. The zero-order valence-corrected chi connectivity index (χ0v) is 16.7. The molecule has 1 aliphatic carbocycles. The van der Waals surface area contributed by atoms with Gasteiger partial charge in [0, 0.05) is 24.7 Å². The molecular weight excluding hydrogens is 395 g/mol. The Labute approximate surface area is 166 Å². The summed E-state index contributed by atoms with van der Waals surface area (Å²) in [4.78, 5) is 12.4. The highest BCUT2D eigenvalue weighted by Gasteiger charge is 2.39. The second-order valence-corrected chi connectivity index (χ2v) is 7.58. The summed E-state index contributed by atoms with van der Waals surface area (Å²) in [6.45, 7) is 6.23. The fourth-order valence-corrected chi connectivity index (χ4v) is 3.27. The number of hydrogen-bond donors (Lipinski definition) is 1. The van der Waals surface area contributed by atoms with Crippen LogP contribution in [-0.2, 0) is 17.5 Å². The van der Waals surface area contributed by atoms with Gasteiger partial charge in [0.1, 0.15) is 6.04 Å². The summed E-state index contributed by atoms with van der Waals surface area (Å²) in [5.41, 5.74) is 1.15. The Bertz CT molecular complexity index is 869. The Morgan fingerprint density at radius 3 is 2.57 bits per heavy atom. The zero-order chi connectivity index (χ0) is 20.6. The summed E-state index contributed by atoms with van der Waals surface area (Å²) < 4.78 is 42.0. The quantitative estimate of drug-likeness (QED) is 0.692. The number of hydrogen-bond acceptors (Lipinski definition) is 3. The lowest BCUT2D eigenvalue weighted by Gasteiger charge is -2.16. The number of rotatable bonds is 7. The minimum atomic E-state index is -4.52. The van der Waals surface area contributed by atoms with Gasteiger partial charge in [0.15, 0.2) is 5.69 Å². The van der Waals surface area contributed by atoms with Gasteiger partial charge in [-0.3, -0.25) is 14.2 Å². The number of carbonyl (C=O) groups excluding carboxylic acids is 1. The summed E-state index contributed by atoms with van der Waals surface area (Å²) in [5, 5.41) is 11.4. The van der Waals surface area contributed by atoms with Crippen molar-refractivity contribution in [1.29, 1.82) is 0 Å². The molecule has 0 bridgehead atoms. The number of carbonyl (C=O) groups is 1. The van der Waals surface area contributed by atoms with Crippen molar-refractivity contribution in [3.05, 3.63) is 33.9 Å². The summed E-state index contributed by atoms with van der Waals surface area (Å²) in [6, 6.07) is 0.253. The average molecular weight is 418 g/mol. The molecular formula is C18H23ClF3N5O.